The third-order valence-corrected chi connectivity index (χ3v) is 4.04. The molecule has 0 spiro atoms. The van der Waals surface area contributed by atoms with E-state index in [0.717, 1.165) is 13.0 Å². The summed E-state index contributed by atoms with van der Waals surface area (Å²) in [4.78, 5) is 1.44. The van der Waals surface area contributed by atoms with Crippen molar-refractivity contribution < 1.29 is 0 Å². The van der Waals surface area contributed by atoms with Gasteiger partial charge in [0.25, 0.3) is 0 Å². The molecule has 0 aliphatic carbocycles. The van der Waals surface area contributed by atoms with Gasteiger partial charge in [-0.05, 0) is 43.3 Å². The number of hydrogen-bond donors (Lipinski definition) is 1. The minimum absolute atomic E-state index is 0.451. The first-order chi connectivity index (χ1) is 8.79. The molecule has 1 atom stereocenters. The maximum atomic E-state index is 3.65. The topological polar surface area (TPSA) is 12.0 Å². The van der Waals surface area contributed by atoms with Crippen LogP contribution in [0.5, 0.6) is 0 Å². The lowest BCUT2D eigenvalue weighted by atomic mass is 10.0. The van der Waals surface area contributed by atoms with Gasteiger partial charge in [0.1, 0.15) is 0 Å². The number of aryl methyl sites for hydroxylation is 1. The molecule has 1 unspecified atom stereocenters. The van der Waals surface area contributed by atoms with E-state index in [1.165, 1.54) is 22.4 Å². The predicted molar refractivity (Wildman–Crippen MR) is 80.2 cm³/mol. The Bertz CT molecular complexity index is 462. The lowest BCUT2D eigenvalue weighted by molar-refractivity contribution is 0.536. The van der Waals surface area contributed by atoms with Crippen LogP contribution in [0.2, 0.25) is 0 Å². The first-order valence-corrected chi connectivity index (χ1v) is 7.50. The zero-order valence-electron chi connectivity index (χ0n) is 11.1. The Morgan fingerprint density at radius 2 is 2.11 bits per heavy atom. The van der Waals surface area contributed by atoms with E-state index in [2.05, 4.69) is 60.9 Å². The maximum absolute atomic E-state index is 3.65. The third-order valence-electron chi connectivity index (χ3n) is 3.05. The van der Waals surface area contributed by atoms with Crippen LogP contribution in [-0.2, 0) is 6.42 Å². The van der Waals surface area contributed by atoms with Crippen molar-refractivity contribution in [2.24, 2.45) is 0 Å². The van der Waals surface area contributed by atoms with Gasteiger partial charge in [-0.1, -0.05) is 42.8 Å². The van der Waals surface area contributed by atoms with Crippen LogP contribution < -0.4 is 5.32 Å². The van der Waals surface area contributed by atoms with Crippen molar-refractivity contribution in [3.8, 4) is 0 Å². The molecule has 18 heavy (non-hydrogen) atoms. The van der Waals surface area contributed by atoms with Crippen molar-refractivity contribution >= 4 is 11.3 Å². The van der Waals surface area contributed by atoms with Gasteiger partial charge in [-0.25, -0.2) is 0 Å². The summed E-state index contributed by atoms with van der Waals surface area (Å²) >= 11 is 1.84. The molecule has 0 aliphatic rings. The smallest absolute Gasteiger partial charge is 0.0455 e. The summed E-state index contributed by atoms with van der Waals surface area (Å²) in [5, 5.41) is 5.81. The van der Waals surface area contributed by atoms with E-state index < -0.39 is 0 Å². The van der Waals surface area contributed by atoms with Crippen LogP contribution in [0.1, 0.15) is 35.4 Å². The van der Waals surface area contributed by atoms with E-state index >= 15 is 0 Å². The fraction of sp³-hybridized carbons (Fsp3) is 0.375. The summed E-state index contributed by atoms with van der Waals surface area (Å²) in [6, 6.07) is 13.6. The van der Waals surface area contributed by atoms with Gasteiger partial charge in [0.15, 0.2) is 0 Å². The van der Waals surface area contributed by atoms with Gasteiger partial charge in [-0.2, -0.15) is 0 Å². The molecular weight excluding hydrogens is 238 g/mol. The maximum Gasteiger partial charge on any atom is 0.0455 e. The molecule has 0 saturated heterocycles. The molecule has 1 aromatic heterocycles. The second-order valence-corrected chi connectivity index (χ2v) is 5.69. The van der Waals surface area contributed by atoms with E-state index in [1.807, 2.05) is 11.3 Å². The Kier molecular flexibility index (Phi) is 4.97. The van der Waals surface area contributed by atoms with Crippen molar-refractivity contribution in [1.29, 1.82) is 0 Å². The minimum atomic E-state index is 0.451. The van der Waals surface area contributed by atoms with Gasteiger partial charge in [-0.15, -0.1) is 11.3 Å². The SMILES string of the molecule is CCCNC(Cc1cccc(C)c1)c1cccs1. The Balaban J connectivity index is 2.10. The fourth-order valence-corrected chi connectivity index (χ4v) is 2.96. The van der Waals surface area contributed by atoms with Crippen LogP contribution in [0.25, 0.3) is 0 Å². The van der Waals surface area contributed by atoms with Crippen LogP contribution in [0.4, 0.5) is 0 Å². The normalized spacial score (nSPS) is 12.6. The van der Waals surface area contributed by atoms with Crippen LogP contribution in [0, 0.1) is 6.92 Å². The molecule has 0 amide bonds. The third kappa shape index (κ3) is 3.69. The average molecular weight is 259 g/mol. The molecule has 1 heterocycles. The quantitative estimate of drug-likeness (QED) is 0.813. The largest absolute Gasteiger partial charge is 0.309 e. The minimum Gasteiger partial charge on any atom is -0.309 e. The van der Waals surface area contributed by atoms with Crippen molar-refractivity contribution in [3.05, 3.63) is 57.8 Å². The molecule has 0 radical (unpaired) electrons. The lowest BCUT2D eigenvalue weighted by Crippen LogP contribution is -2.23. The molecule has 1 N–H and O–H groups in total. The number of nitrogens with one attached hydrogen (secondary N) is 1. The fourth-order valence-electron chi connectivity index (χ4n) is 2.16. The number of rotatable bonds is 6. The standard InChI is InChI=1S/C16H21NS/c1-3-9-17-15(16-8-5-10-18-16)12-14-7-4-6-13(2)11-14/h4-8,10-11,15,17H,3,9,12H2,1-2H3. The molecule has 2 heteroatoms. The molecule has 0 bridgehead atoms. The van der Waals surface area contributed by atoms with Crippen LogP contribution in [-0.4, -0.2) is 6.54 Å². The zero-order chi connectivity index (χ0) is 12.8. The second-order valence-electron chi connectivity index (χ2n) is 4.72. The van der Waals surface area contributed by atoms with Gasteiger partial charge in [0.2, 0.25) is 0 Å². The van der Waals surface area contributed by atoms with Crippen LogP contribution >= 0.6 is 11.3 Å². The molecular formula is C16H21NS. The molecule has 1 nitrogen and oxygen atoms in total. The Hall–Kier alpha value is -1.12. The summed E-state index contributed by atoms with van der Waals surface area (Å²) in [6.07, 6.45) is 2.25. The Labute approximate surface area is 114 Å². The highest BCUT2D eigenvalue weighted by Gasteiger charge is 2.12. The Morgan fingerprint density at radius 1 is 1.22 bits per heavy atom. The molecule has 0 aliphatic heterocycles. The lowest BCUT2D eigenvalue weighted by Gasteiger charge is -2.17. The number of thiophene rings is 1. The van der Waals surface area contributed by atoms with Crippen molar-refractivity contribution in [1.82, 2.24) is 5.32 Å². The van der Waals surface area contributed by atoms with Gasteiger partial charge in [0, 0.05) is 10.9 Å². The predicted octanol–water partition coefficient (Wildman–Crippen LogP) is 4.34. The molecule has 1 aromatic carbocycles. The molecule has 2 rings (SSSR count). The van der Waals surface area contributed by atoms with Gasteiger partial charge >= 0.3 is 0 Å². The number of benzene rings is 1. The van der Waals surface area contributed by atoms with Gasteiger partial charge < -0.3 is 5.32 Å². The first kappa shape index (κ1) is 13.3. The second kappa shape index (κ2) is 6.72. The summed E-state index contributed by atoms with van der Waals surface area (Å²) in [6.45, 7) is 5.45. The first-order valence-electron chi connectivity index (χ1n) is 6.62. The highest BCUT2D eigenvalue weighted by Crippen LogP contribution is 2.23. The highest BCUT2D eigenvalue weighted by molar-refractivity contribution is 7.10. The summed E-state index contributed by atoms with van der Waals surface area (Å²) < 4.78 is 0. The van der Waals surface area contributed by atoms with Crippen molar-refractivity contribution in [2.45, 2.75) is 32.7 Å². The zero-order valence-corrected chi connectivity index (χ0v) is 12.0. The van der Waals surface area contributed by atoms with Crippen molar-refractivity contribution in [3.63, 3.8) is 0 Å². The monoisotopic (exact) mass is 259 g/mol. The Morgan fingerprint density at radius 3 is 2.78 bits per heavy atom. The molecule has 2 aromatic rings. The van der Waals surface area contributed by atoms with Crippen molar-refractivity contribution in [2.75, 3.05) is 6.54 Å². The summed E-state index contributed by atoms with van der Waals surface area (Å²) in [5.74, 6) is 0. The van der Waals surface area contributed by atoms with E-state index in [-0.39, 0.29) is 0 Å². The van der Waals surface area contributed by atoms with Gasteiger partial charge in [-0.3, -0.25) is 0 Å². The summed E-state index contributed by atoms with van der Waals surface area (Å²) in [5.41, 5.74) is 2.75. The van der Waals surface area contributed by atoms with Gasteiger partial charge in [0.05, 0.1) is 0 Å². The number of hydrogen-bond acceptors (Lipinski definition) is 2. The molecule has 0 fully saturated rings. The highest BCUT2D eigenvalue weighted by atomic mass is 32.1. The van der Waals surface area contributed by atoms with Crippen LogP contribution in [0.3, 0.4) is 0 Å². The average Bonchev–Trinajstić information content (AvgIpc) is 2.88. The van der Waals surface area contributed by atoms with E-state index in [9.17, 15) is 0 Å². The van der Waals surface area contributed by atoms with E-state index in [1.54, 1.807) is 0 Å². The van der Waals surface area contributed by atoms with E-state index in [0.29, 0.717) is 6.04 Å². The van der Waals surface area contributed by atoms with Crippen LogP contribution in [0.15, 0.2) is 41.8 Å². The molecule has 96 valence electrons. The summed E-state index contributed by atoms with van der Waals surface area (Å²) in [7, 11) is 0. The van der Waals surface area contributed by atoms with E-state index in [4.69, 9.17) is 0 Å². The molecule has 0 saturated carbocycles.